The Morgan fingerprint density at radius 1 is 1.48 bits per heavy atom. The monoisotopic (exact) mass is 317 g/mol. The largest absolute Gasteiger partial charge is 0.480 e. The number of imidazole rings is 1. The summed E-state index contributed by atoms with van der Waals surface area (Å²) in [5.74, 6) is -0.544. The Kier molecular flexibility index (Phi) is 5.91. The van der Waals surface area contributed by atoms with Crippen molar-refractivity contribution in [3.05, 3.63) is 12.0 Å². The van der Waals surface area contributed by atoms with Gasteiger partial charge < -0.3 is 9.67 Å². The van der Waals surface area contributed by atoms with E-state index in [0.29, 0.717) is 12.4 Å². The third kappa shape index (κ3) is 4.53. The lowest BCUT2D eigenvalue weighted by Gasteiger charge is -2.20. The maximum atomic E-state index is 12.6. The molecule has 0 aliphatic rings. The molecular formula is C13H23N3O4S. The van der Waals surface area contributed by atoms with Gasteiger partial charge in [-0.05, 0) is 19.3 Å². The number of carboxylic acids is 1. The number of aryl methyl sites for hydroxylation is 2. The zero-order valence-corrected chi connectivity index (χ0v) is 13.7. The number of hydrogen-bond acceptors (Lipinski definition) is 4. The van der Waals surface area contributed by atoms with Gasteiger partial charge >= 0.3 is 5.97 Å². The van der Waals surface area contributed by atoms with Crippen LogP contribution in [0.15, 0.2) is 11.2 Å². The Labute approximate surface area is 125 Å². The number of nitrogens with zero attached hydrogens (tertiary/aromatic N) is 3. The molecular weight excluding hydrogens is 294 g/mol. The number of sulfonamides is 1. The van der Waals surface area contributed by atoms with Crippen LogP contribution in [0, 0.1) is 12.8 Å². The zero-order valence-electron chi connectivity index (χ0n) is 12.9. The van der Waals surface area contributed by atoms with Crippen molar-refractivity contribution in [3.63, 3.8) is 0 Å². The highest BCUT2D eigenvalue weighted by Gasteiger charge is 2.29. The van der Waals surface area contributed by atoms with Crippen molar-refractivity contribution in [1.29, 1.82) is 0 Å². The summed E-state index contributed by atoms with van der Waals surface area (Å²) in [6, 6.07) is 0. The molecule has 0 spiro atoms. The third-order valence-electron chi connectivity index (χ3n) is 2.90. The standard InChI is InChI=1S/C13H23N3O4S/c1-5-6-15-8-12(14-11(15)4)21(19,20)16(7-10(2)3)9-13(17)18/h8,10H,5-7,9H2,1-4H3,(H,17,18). The fourth-order valence-electron chi connectivity index (χ4n) is 2.01. The van der Waals surface area contributed by atoms with Gasteiger partial charge in [0.1, 0.15) is 12.4 Å². The highest BCUT2D eigenvalue weighted by molar-refractivity contribution is 7.89. The average Bonchev–Trinajstić information content (AvgIpc) is 2.70. The van der Waals surface area contributed by atoms with E-state index in [2.05, 4.69) is 4.98 Å². The minimum absolute atomic E-state index is 0.0259. The summed E-state index contributed by atoms with van der Waals surface area (Å²) in [7, 11) is -3.89. The smallest absolute Gasteiger partial charge is 0.318 e. The van der Waals surface area contributed by atoms with E-state index in [0.717, 1.165) is 10.7 Å². The molecule has 1 aromatic heterocycles. The highest BCUT2D eigenvalue weighted by atomic mass is 32.2. The van der Waals surface area contributed by atoms with Crippen molar-refractivity contribution in [2.75, 3.05) is 13.1 Å². The summed E-state index contributed by atoms with van der Waals surface area (Å²) in [6.07, 6.45) is 2.34. The predicted octanol–water partition coefficient (Wildman–Crippen LogP) is 1.33. The molecule has 0 fully saturated rings. The van der Waals surface area contributed by atoms with Crippen LogP contribution in [0.3, 0.4) is 0 Å². The van der Waals surface area contributed by atoms with Crippen LogP contribution < -0.4 is 0 Å². The van der Waals surface area contributed by atoms with Crippen LogP contribution in [0.4, 0.5) is 0 Å². The molecule has 7 nitrogen and oxygen atoms in total. The molecule has 1 N–H and O–H groups in total. The molecule has 0 aliphatic carbocycles. The van der Waals surface area contributed by atoms with Gasteiger partial charge in [-0.15, -0.1) is 0 Å². The van der Waals surface area contributed by atoms with E-state index in [1.807, 2.05) is 20.8 Å². The molecule has 1 heterocycles. The van der Waals surface area contributed by atoms with Gasteiger partial charge in [0, 0.05) is 19.3 Å². The molecule has 0 aromatic carbocycles. The molecule has 1 aromatic rings. The van der Waals surface area contributed by atoms with Gasteiger partial charge in [-0.25, -0.2) is 13.4 Å². The first-order chi connectivity index (χ1) is 9.68. The summed E-state index contributed by atoms with van der Waals surface area (Å²) in [6.45, 7) is 7.67. The van der Waals surface area contributed by atoms with E-state index in [1.54, 1.807) is 11.5 Å². The van der Waals surface area contributed by atoms with Gasteiger partial charge in [-0.1, -0.05) is 20.8 Å². The summed E-state index contributed by atoms with van der Waals surface area (Å²) in [4.78, 5) is 15.0. The SMILES string of the molecule is CCCn1cc(S(=O)(=O)N(CC(=O)O)CC(C)C)nc1C. The van der Waals surface area contributed by atoms with Gasteiger partial charge in [0.05, 0.1) is 0 Å². The van der Waals surface area contributed by atoms with Crippen LogP contribution in [0.2, 0.25) is 0 Å². The minimum Gasteiger partial charge on any atom is -0.480 e. The van der Waals surface area contributed by atoms with Crippen molar-refractivity contribution < 1.29 is 18.3 Å². The highest BCUT2D eigenvalue weighted by Crippen LogP contribution is 2.17. The lowest BCUT2D eigenvalue weighted by molar-refractivity contribution is -0.137. The van der Waals surface area contributed by atoms with Crippen LogP contribution in [-0.2, 0) is 21.4 Å². The fraction of sp³-hybridized carbons (Fsp3) is 0.692. The Bertz CT molecular complexity index is 593. The second-order valence-corrected chi connectivity index (χ2v) is 7.29. The number of carboxylic acid groups (broad SMARTS) is 1. The molecule has 120 valence electrons. The molecule has 0 atom stereocenters. The van der Waals surface area contributed by atoms with Crippen LogP contribution in [0.5, 0.6) is 0 Å². The molecule has 0 saturated heterocycles. The topological polar surface area (TPSA) is 92.5 Å². The van der Waals surface area contributed by atoms with E-state index in [4.69, 9.17) is 5.11 Å². The van der Waals surface area contributed by atoms with Crippen LogP contribution in [0.1, 0.15) is 33.0 Å². The van der Waals surface area contributed by atoms with Crippen molar-refractivity contribution in [3.8, 4) is 0 Å². The van der Waals surface area contributed by atoms with E-state index >= 15 is 0 Å². The molecule has 0 bridgehead atoms. The average molecular weight is 317 g/mol. The predicted molar refractivity (Wildman–Crippen MR) is 78.5 cm³/mol. The summed E-state index contributed by atoms with van der Waals surface area (Å²) in [5, 5.41) is 8.83. The van der Waals surface area contributed by atoms with Crippen LogP contribution in [0.25, 0.3) is 0 Å². The van der Waals surface area contributed by atoms with Crippen molar-refractivity contribution in [2.24, 2.45) is 5.92 Å². The van der Waals surface area contributed by atoms with E-state index in [9.17, 15) is 13.2 Å². The second-order valence-electron chi connectivity index (χ2n) is 5.40. The first kappa shape index (κ1) is 17.6. The Balaban J connectivity index is 3.15. The molecule has 0 aliphatic heterocycles. The zero-order chi connectivity index (χ0) is 16.2. The van der Waals surface area contributed by atoms with Gasteiger partial charge in [0.2, 0.25) is 0 Å². The molecule has 8 heteroatoms. The van der Waals surface area contributed by atoms with Crippen LogP contribution >= 0.6 is 0 Å². The normalized spacial score (nSPS) is 12.3. The summed E-state index contributed by atoms with van der Waals surface area (Å²) >= 11 is 0. The molecule has 21 heavy (non-hydrogen) atoms. The van der Waals surface area contributed by atoms with Crippen molar-refractivity contribution in [2.45, 2.75) is 45.7 Å². The number of carbonyl (C=O) groups is 1. The molecule has 1 rings (SSSR count). The van der Waals surface area contributed by atoms with Crippen molar-refractivity contribution >= 4 is 16.0 Å². The van der Waals surface area contributed by atoms with Gasteiger partial charge in [-0.2, -0.15) is 4.31 Å². The Morgan fingerprint density at radius 2 is 2.10 bits per heavy atom. The Morgan fingerprint density at radius 3 is 2.57 bits per heavy atom. The molecule has 0 radical (unpaired) electrons. The van der Waals surface area contributed by atoms with E-state index in [1.165, 1.54) is 6.20 Å². The maximum absolute atomic E-state index is 12.6. The first-order valence-corrected chi connectivity index (χ1v) is 8.38. The minimum atomic E-state index is -3.89. The van der Waals surface area contributed by atoms with Gasteiger partial charge in [-0.3, -0.25) is 4.79 Å². The maximum Gasteiger partial charge on any atom is 0.318 e. The van der Waals surface area contributed by atoms with E-state index in [-0.39, 0.29) is 17.5 Å². The summed E-state index contributed by atoms with van der Waals surface area (Å²) < 4.78 is 27.9. The fourth-order valence-corrected chi connectivity index (χ4v) is 3.56. The molecule has 0 unspecified atom stereocenters. The Hall–Kier alpha value is -1.41. The lowest BCUT2D eigenvalue weighted by Crippen LogP contribution is -2.38. The number of aliphatic carboxylic acids is 1. The van der Waals surface area contributed by atoms with E-state index < -0.39 is 22.5 Å². The molecule has 0 amide bonds. The molecule has 0 saturated carbocycles. The van der Waals surface area contributed by atoms with Crippen molar-refractivity contribution in [1.82, 2.24) is 13.9 Å². The third-order valence-corrected chi connectivity index (χ3v) is 4.59. The number of hydrogen-bond donors (Lipinski definition) is 1. The van der Waals surface area contributed by atoms with Gasteiger partial charge in [0.15, 0.2) is 5.03 Å². The van der Waals surface area contributed by atoms with Gasteiger partial charge in [0.25, 0.3) is 10.0 Å². The number of aromatic nitrogens is 2. The summed E-state index contributed by atoms with van der Waals surface area (Å²) in [5.41, 5.74) is 0. The first-order valence-electron chi connectivity index (χ1n) is 6.94. The second kappa shape index (κ2) is 7.04. The van der Waals surface area contributed by atoms with Crippen LogP contribution in [-0.4, -0.2) is 46.4 Å². The number of rotatable bonds is 8. The quantitative estimate of drug-likeness (QED) is 0.781. The lowest BCUT2D eigenvalue weighted by atomic mass is 10.2.